The fourth-order valence-corrected chi connectivity index (χ4v) is 4.03. The Labute approximate surface area is 193 Å². The van der Waals surface area contributed by atoms with Crippen molar-refractivity contribution in [3.63, 3.8) is 0 Å². The summed E-state index contributed by atoms with van der Waals surface area (Å²) < 4.78 is 11.2. The van der Waals surface area contributed by atoms with E-state index in [0.717, 1.165) is 24.1 Å². The highest BCUT2D eigenvalue weighted by Gasteiger charge is 2.16. The first-order valence-electron chi connectivity index (χ1n) is 11.0. The Morgan fingerprint density at radius 3 is 2.38 bits per heavy atom. The van der Waals surface area contributed by atoms with E-state index in [1.54, 1.807) is 19.2 Å². The summed E-state index contributed by atoms with van der Waals surface area (Å²) in [7, 11) is 1.58. The van der Waals surface area contributed by atoms with E-state index in [4.69, 9.17) is 21.1 Å². The molecule has 2 N–H and O–H groups in total. The van der Waals surface area contributed by atoms with Crippen LogP contribution < -0.4 is 20.1 Å². The van der Waals surface area contributed by atoms with Gasteiger partial charge in [0.1, 0.15) is 11.5 Å². The average Bonchev–Trinajstić information content (AvgIpc) is 3.04. The molecule has 1 fully saturated rings. The van der Waals surface area contributed by atoms with Crippen LogP contribution in [0.5, 0.6) is 17.5 Å². The molecule has 168 valence electrons. The number of hydrogen-bond acceptors (Lipinski definition) is 7. The molecule has 0 radical (unpaired) electrons. The third-order valence-electron chi connectivity index (χ3n) is 5.51. The predicted octanol–water partition coefficient (Wildman–Crippen LogP) is 6.51. The summed E-state index contributed by atoms with van der Waals surface area (Å²) in [5, 5.41) is 7.19. The molecule has 32 heavy (non-hydrogen) atoms. The van der Waals surface area contributed by atoms with E-state index in [0.29, 0.717) is 34.5 Å². The molecule has 0 unspecified atom stereocenters. The van der Waals surface area contributed by atoms with Crippen molar-refractivity contribution in [1.82, 2.24) is 15.0 Å². The van der Waals surface area contributed by atoms with E-state index in [-0.39, 0.29) is 6.01 Å². The van der Waals surface area contributed by atoms with E-state index in [9.17, 15) is 0 Å². The largest absolute Gasteiger partial charge is 0.495 e. The monoisotopic (exact) mass is 453 g/mol. The van der Waals surface area contributed by atoms with Gasteiger partial charge in [-0.3, -0.25) is 0 Å². The maximum absolute atomic E-state index is 6.27. The van der Waals surface area contributed by atoms with Gasteiger partial charge >= 0.3 is 6.01 Å². The number of halogens is 1. The van der Waals surface area contributed by atoms with Crippen LogP contribution in [0.2, 0.25) is 5.02 Å². The lowest BCUT2D eigenvalue weighted by Gasteiger charge is -2.17. The topological polar surface area (TPSA) is 81.2 Å². The zero-order valence-corrected chi connectivity index (χ0v) is 19.2. The molecule has 3 aromatic rings. The normalized spacial score (nSPS) is 14.5. The van der Waals surface area contributed by atoms with Gasteiger partial charge in [0.15, 0.2) is 0 Å². The number of aromatic nitrogens is 3. The second kappa shape index (κ2) is 10.5. The molecule has 8 heteroatoms. The van der Waals surface area contributed by atoms with Crippen LogP contribution in [0, 0.1) is 6.92 Å². The molecule has 0 amide bonds. The minimum Gasteiger partial charge on any atom is -0.495 e. The maximum Gasteiger partial charge on any atom is 0.328 e. The summed E-state index contributed by atoms with van der Waals surface area (Å²) in [6, 6.07) is 13.8. The van der Waals surface area contributed by atoms with E-state index >= 15 is 0 Å². The highest BCUT2D eigenvalue weighted by Crippen LogP contribution is 2.30. The van der Waals surface area contributed by atoms with Gasteiger partial charge in [-0.1, -0.05) is 55.5 Å². The van der Waals surface area contributed by atoms with E-state index in [1.807, 2.05) is 37.3 Å². The molecule has 1 heterocycles. The Hall–Kier alpha value is -3.06. The molecule has 1 aromatic heterocycles. The number of rotatable bonds is 7. The molecule has 1 aliphatic rings. The van der Waals surface area contributed by atoms with E-state index in [2.05, 4.69) is 25.6 Å². The molecule has 0 aliphatic heterocycles. The van der Waals surface area contributed by atoms with Crippen molar-refractivity contribution >= 4 is 29.2 Å². The molecule has 2 aromatic carbocycles. The number of nitrogens with zero attached hydrogens (tertiary/aromatic N) is 3. The second-order valence-electron chi connectivity index (χ2n) is 7.94. The fraction of sp³-hybridized carbons (Fsp3) is 0.375. The lowest BCUT2D eigenvalue weighted by atomic mass is 10.1. The van der Waals surface area contributed by atoms with Crippen LogP contribution in [0.3, 0.4) is 0 Å². The van der Waals surface area contributed by atoms with Crippen molar-refractivity contribution in [2.45, 2.75) is 51.5 Å². The van der Waals surface area contributed by atoms with E-state index < -0.39 is 0 Å². The second-order valence-corrected chi connectivity index (χ2v) is 8.35. The van der Waals surface area contributed by atoms with Crippen molar-refractivity contribution in [3.8, 4) is 17.5 Å². The summed E-state index contributed by atoms with van der Waals surface area (Å²) in [5.41, 5.74) is 1.74. The highest BCUT2D eigenvalue weighted by atomic mass is 35.5. The highest BCUT2D eigenvalue weighted by molar-refractivity contribution is 6.32. The smallest absolute Gasteiger partial charge is 0.328 e. The molecule has 1 aliphatic carbocycles. The number of aryl methyl sites for hydroxylation is 1. The molecule has 0 atom stereocenters. The molecular weight excluding hydrogens is 426 g/mol. The summed E-state index contributed by atoms with van der Waals surface area (Å²) >= 11 is 6.27. The van der Waals surface area contributed by atoms with Gasteiger partial charge in [-0.2, -0.15) is 15.0 Å². The van der Waals surface area contributed by atoms with Crippen molar-refractivity contribution in [2.75, 3.05) is 17.7 Å². The third kappa shape index (κ3) is 5.79. The first-order valence-corrected chi connectivity index (χ1v) is 11.3. The first kappa shape index (κ1) is 22.1. The lowest BCUT2D eigenvalue weighted by molar-refractivity contribution is 0.415. The third-order valence-corrected chi connectivity index (χ3v) is 5.80. The average molecular weight is 454 g/mol. The number of ether oxygens (including phenoxy) is 2. The van der Waals surface area contributed by atoms with Crippen LogP contribution in [-0.4, -0.2) is 28.1 Å². The predicted molar refractivity (Wildman–Crippen MR) is 127 cm³/mol. The van der Waals surface area contributed by atoms with Gasteiger partial charge in [0.05, 0.1) is 12.1 Å². The Morgan fingerprint density at radius 2 is 1.66 bits per heavy atom. The van der Waals surface area contributed by atoms with Crippen LogP contribution in [-0.2, 0) is 0 Å². The van der Waals surface area contributed by atoms with Crippen LogP contribution in [0.1, 0.15) is 44.1 Å². The Kier molecular flexibility index (Phi) is 7.27. The SMILES string of the molecule is COc1ccc(Nc2nc(NC3CCCCCC3)nc(Oc3ccccc3C)n2)cc1Cl. The molecule has 7 nitrogen and oxygen atoms in total. The van der Waals surface area contributed by atoms with Crippen molar-refractivity contribution in [3.05, 3.63) is 53.1 Å². The number of anilines is 3. The van der Waals surface area contributed by atoms with Crippen LogP contribution in [0.4, 0.5) is 17.6 Å². The molecular formula is C24H28ClN5O2. The maximum atomic E-state index is 6.27. The van der Waals surface area contributed by atoms with Crippen molar-refractivity contribution < 1.29 is 9.47 Å². The van der Waals surface area contributed by atoms with E-state index in [1.165, 1.54) is 25.7 Å². The Morgan fingerprint density at radius 1 is 0.906 bits per heavy atom. The zero-order valence-electron chi connectivity index (χ0n) is 18.4. The van der Waals surface area contributed by atoms with Gasteiger partial charge in [-0.15, -0.1) is 0 Å². The Balaban J connectivity index is 1.61. The molecule has 0 spiro atoms. The quantitative estimate of drug-likeness (QED) is 0.394. The standard InChI is InChI=1S/C24H28ClN5O2/c1-16-9-7-8-12-20(16)32-24-29-22(26-17-10-5-3-4-6-11-17)28-23(30-24)27-18-13-14-21(31-2)19(25)15-18/h7-9,12-15,17H,3-6,10-11H2,1-2H3,(H2,26,27,28,29,30). The summed E-state index contributed by atoms with van der Waals surface area (Å²) in [6.45, 7) is 1.99. The van der Waals surface area contributed by atoms with Crippen LogP contribution >= 0.6 is 11.6 Å². The summed E-state index contributed by atoms with van der Waals surface area (Å²) in [4.78, 5) is 13.6. The fourth-order valence-electron chi connectivity index (χ4n) is 3.77. The number of benzene rings is 2. The zero-order chi connectivity index (χ0) is 22.3. The van der Waals surface area contributed by atoms with Gasteiger partial charge in [0.2, 0.25) is 11.9 Å². The molecule has 0 bridgehead atoms. The summed E-state index contributed by atoms with van der Waals surface area (Å²) in [6.07, 6.45) is 7.20. The van der Waals surface area contributed by atoms with Crippen molar-refractivity contribution in [2.24, 2.45) is 0 Å². The number of nitrogens with one attached hydrogen (secondary N) is 2. The molecule has 1 saturated carbocycles. The van der Waals surface area contributed by atoms with Crippen molar-refractivity contribution in [1.29, 1.82) is 0 Å². The number of para-hydroxylation sites is 1. The molecule has 4 rings (SSSR count). The minimum atomic E-state index is 0.229. The van der Waals surface area contributed by atoms with Crippen LogP contribution in [0.25, 0.3) is 0 Å². The lowest BCUT2D eigenvalue weighted by Crippen LogP contribution is -2.20. The van der Waals surface area contributed by atoms with Gasteiger partial charge in [-0.05, 0) is 49.6 Å². The van der Waals surface area contributed by atoms with Gasteiger partial charge < -0.3 is 20.1 Å². The van der Waals surface area contributed by atoms with Gasteiger partial charge in [0, 0.05) is 11.7 Å². The number of hydrogen-bond donors (Lipinski definition) is 2. The molecule has 0 saturated heterocycles. The van der Waals surface area contributed by atoms with Crippen LogP contribution in [0.15, 0.2) is 42.5 Å². The minimum absolute atomic E-state index is 0.229. The first-order chi connectivity index (χ1) is 15.6. The van der Waals surface area contributed by atoms with Gasteiger partial charge in [-0.25, -0.2) is 0 Å². The Bertz CT molecular complexity index is 1050. The summed E-state index contributed by atoms with van der Waals surface area (Å²) in [5.74, 6) is 2.18. The van der Waals surface area contributed by atoms with Gasteiger partial charge in [0.25, 0.3) is 0 Å². The number of methoxy groups -OCH3 is 1.